The quantitative estimate of drug-likeness (QED) is 0.595. The van der Waals surface area contributed by atoms with Gasteiger partial charge < -0.3 is 4.74 Å². The molecular formula is C12H14ClIN2O. The Labute approximate surface area is 119 Å². The zero-order valence-corrected chi connectivity index (χ0v) is 12.4. The van der Waals surface area contributed by atoms with Crippen LogP contribution in [0.3, 0.4) is 0 Å². The van der Waals surface area contributed by atoms with Gasteiger partial charge in [0.25, 0.3) is 0 Å². The van der Waals surface area contributed by atoms with Crippen molar-refractivity contribution in [1.82, 2.24) is 9.97 Å². The summed E-state index contributed by atoms with van der Waals surface area (Å²) in [4.78, 5) is 9.22. The molecule has 2 aliphatic rings. The van der Waals surface area contributed by atoms with Crippen molar-refractivity contribution in [1.29, 1.82) is 0 Å². The lowest BCUT2D eigenvalue weighted by atomic mass is 9.99. The zero-order valence-electron chi connectivity index (χ0n) is 9.46. The predicted molar refractivity (Wildman–Crippen MR) is 74.5 cm³/mol. The molecule has 17 heavy (non-hydrogen) atoms. The van der Waals surface area contributed by atoms with Crippen LogP contribution in [-0.4, -0.2) is 23.2 Å². The van der Waals surface area contributed by atoms with E-state index in [0.717, 1.165) is 35.4 Å². The minimum absolute atomic E-state index is 0.427. The van der Waals surface area contributed by atoms with Crippen molar-refractivity contribution in [2.45, 2.75) is 37.5 Å². The lowest BCUT2D eigenvalue weighted by Gasteiger charge is -2.21. The van der Waals surface area contributed by atoms with Crippen LogP contribution in [0.15, 0.2) is 0 Å². The predicted octanol–water partition coefficient (Wildman–Crippen LogP) is 3.51. The molecule has 0 N–H and O–H groups in total. The van der Waals surface area contributed by atoms with Crippen molar-refractivity contribution in [3.8, 4) is 0 Å². The van der Waals surface area contributed by atoms with Crippen LogP contribution >= 0.6 is 34.2 Å². The fraction of sp³-hybridized carbons (Fsp3) is 0.667. The van der Waals surface area contributed by atoms with E-state index in [2.05, 4.69) is 27.6 Å². The van der Waals surface area contributed by atoms with Gasteiger partial charge in [-0.1, -0.05) is 11.6 Å². The molecule has 3 rings (SSSR count). The highest BCUT2D eigenvalue weighted by Crippen LogP contribution is 2.42. The Bertz CT molecular complexity index is 431. The highest BCUT2D eigenvalue weighted by atomic mass is 127. The molecule has 92 valence electrons. The first-order chi connectivity index (χ1) is 8.25. The topological polar surface area (TPSA) is 35.0 Å². The standard InChI is InChI=1S/C12H14ClIN2O/c13-11-9(14)10(7-1-2-7)15-12(16-11)8-3-5-17-6-4-8/h7-8H,1-6H2. The maximum absolute atomic E-state index is 6.22. The van der Waals surface area contributed by atoms with Crippen LogP contribution in [0.4, 0.5) is 0 Å². The van der Waals surface area contributed by atoms with Gasteiger partial charge in [-0.05, 0) is 48.3 Å². The fourth-order valence-corrected chi connectivity index (χ4v) is 3.08. The summed E-state index contributed by atoms with van der Waals surface area (Å²) in [5.74, 6) is 1.98. The molecule has 1 aliphatic carbocycles. The first kappa shape index (κ1) is 12.1. The SMILES string of the molecule is Clc1nc(C2CCOCC2)nc(C2CC2)c1I. The molecule has 1 aromatic rings. The third kappa shape index (κ3) is 2.58. The Morgan fingerprint density at radius 2 is 1.76 bits per heavy atom. The molecule has 3 nitrogen and oxygen atoms in total. The maximum atomic E-state index is 6.22. The Morgan fingerprint density at radius 3 is 2.41 bits per heavy atom. The van der Waals surface area contributed by atoms with Gasteiger partial charge in [0.2, 0.25) is 0 Å². The van der Waals surface area contributed by atoms with Crippen LogP contribution in [-0.2, 0) is 4.74 Å². The number of hydrogen-bond acceptors (Lipinski definition) is 3. The van der Waals surface area contributed by atoms with E-state index >= 15 is 0 Å². The Kier molecular flexibility index (Phi) is 3.54. The first-order valence-corrected chi connectivity index (χ1v) is 7.52. The van der Waals surface area contributed by atoms with E-state index in [4.69, 9.17) is 21.3 Å². The van der Waals surface area contributed by atoms with Crippen molar-refractivity contribution in [3.05, 3.63) is 20.2 Å². The molecule has 0 atom stereocenters. The highest BCUT2D eigenvalue weighted by molar-refractivity contribution is 14.1. The molecule has 1 saturated carbocycles. The fourth-order valence-electron chi connectivity index (χ4n) is 2.22. The molecule has 0 radical (unpaired) electrons. The molecular weight excluding hydrogens is 351 g/mol. The number of ether oxygens (including phenoxy) is 1. The van der Waals surface area contributed by atoms with Crippen molar-refractivity contribution >= 4 is 34.2 Å². The average Bonchev–Trinajstić information content (AvgIpc) is 3.18. The van der Waals surface area contributed by atoms with Crippen LogP contribution < -0.4 is 0 Å². The van der Waals surface area contributed by atoms with Gasteiger partial charge in [-0.2, -0.15) is 0 Å². The molecule has 0 amide bonds. The largest absolute Gasteiger partial charge is 0.381 e. The summed E-state index contributed by atoms with van der Waals surface area (Å²) in [6.45, 7) is 1.63. The van der Waals surface area contributed by atoms with Gasteiger partial charge in [-0.25, -0.2) is 9.97 Å². The maximum Gasteiger partial charge on any atom is 0.146 e. The molecule has 1 saturated heterocycles. The molecule has 0 spiro atoms. The number of aromatic nitrogens is 2. The van der Waals surface area contributed by atoms with Crippen LogP contribution in [0.25, 0.3) is 0 Å². The molecule has 2 fully saturated rings. The minimum atomic E-state index is 0.427. The lowest BCUT2D eigenvalue weighted by molar-refractivity contribution is 0.0835. The van der Waals surface area contributed by atoms with Crippen molar-refractivity contribution in [3.63, 3.8) is 0 Å². The van der Waals surface area contributed by atoms with E-state index in [9.17, 15) is 0 Å². The Hall–Kier alpha value is 0.0600. The molecule has 5 heteroatoms. The number of hydrogen-bond donors (Lipinski definition) is 0. The molecule has 0 bridgehead atoms. The van der Waals surface area contributed by atoms with Gasteiger partial charge >= 0.3 is 0 Å². The second-order valence-corrected chi connectivity index (χ2v) is 6.17. The minimum Gasteiger partial charge on any atom is -0.381 e. The van der Waals surface area contributed by atoms with Crippen LogP contribution in [0.2, 0.25) is 5.15 Å². The smallest absolute Gasteiger partial charge is 0.146 e. The van der Waals surface area contributed by atoms with Gasteiger partial charge in [0.05, 0.1) is 9.26 Å². The zero-order chi connectivity index (χ0) is 11.8. The Balaban J connectivity index is 1.93. The molecule has 0 aromatic carbocycles. The van der Waals surface area contributed by atoms with E-state index in [0.29, 0.717) is 17.0 Å². The third-order valence-corrected chi connectivity index (χ3v) is 5.06. The van der Waals surface area contributed by atoms with Crippen molar-refractivity contribution < 1.29 is 4.74 Å². The number of rotatable bonds is 2. The van der Waals surface area contributed by atoms with E-state index in [1.54, 1.807) is 0 Å². The summed E-state index contributed by atoms with van der Waals surface area (Å²) in [7, 11) is 0. The van der Waals surface area contributed by atoms with Crippen LogP contribution in [0, 0.1) is 3.57 Å². The van der Waals surface area contributed by atoms with Crippen molar-refractivity contribution in [2.75, 3.05) is 13.2 Å². The van der Waals surface area contributed by atoms with Gasteiger partial charge in [0, 0.05) is 25.0 Å². The van der Waals surface area contributed by atoms with Gasteiger partial charge in [0.15, 0.2) is 0 Å². The van der Waals surface area contributed by atoms with E-state index in [-0.39, 0.29) is 0 Å². The van der Waals surface area contributed by atoms with Gasteiger partial charge in [-0.3, -0.25) is 0 Å². The lowest BCUT2D eigenvalue weighted by Crippen LogP contribution is -2.17. The summed E-state index contributed by atoms with van der Waals surface area (Å²) in [6, 6.07) is 0. The summed E-state index contributed by atoms with van der Waals surface area (Å²) < 4.78 is 6.42. The van der Waals surface area contributed by atoms with Crippen LogP contribution in [0.5, 0.6) is 0 Å². The van der Waals surface area contributed by atoms with Gasteiger partial charge in [-0.15, -0.1) is 0 Å². The number of nitrogens with zero attached hydrogens (tertiary/aromatic N) is 2. The summed E-state index contributed by atoms with van der Waals surface area (Å²) in [5, 5.41) is 0.629. The Morgan fingerprint density at radius 1 is 1.06 bits per heavy atom. The average molecular weight is 365 g/mol. The number of halogens is 2. The summed E-state index contributed by atoms with van der Waals surface area (Å²) in [6.07, 6.45) is 4.52. The van der Waals surface area contributed by atoms with E-state index in [1.807, 2.05) is 0 Å². The summed E-state index contributed by atoms with van der Waals surface area (Å²) >= 11 is 8.49. The second-order valence-electron chi connectivity index (χ2n) is 4.73. The van der Waals surface area contributed by atoms with Gasteiger partial charge in [0.1, 0.15) is 11.0 Å². The molecule has 0 unspecified atom stereocenters. The van der Waals surface area contributed by atoms with E-state index < -0.39 is 0 Å². The van der Waals surface area contributed by atoms with E-state index in [1.165, 1.54) is 18.5 Å². The normalized spacial score (nSPS) is 21.8. The van der Waals surface area contributed by atoms with Crippen molar-refractivity contribution in [2.24, 2.45) is 0 Å². The molecule has 1 aromatic heterocycles. The third-order valence-electron chi connectivity index (χ3n) is 3.40. The van der Waals surface area contributed by atoms with Crippen LogP contribution in [0.1, 0.15) is 49.0 Å². The monoisotopic (exact) mass is 364 g/mol. The first-order valence-electron chi connectivity index (χ1n) is 6.06. The molecule has 2 heterocycles. The second kappa shape index (κ2) is 4.97. The highest BCUT2D eigenvalue weighted by Gasteiger charge is 2.30. The summed E-state index contributed by atoms with van der Waals surface area (Å²) in [5.41, 5.74) is 1.17. The molecule has 1 aliphatic heterocycles.